The van der Waals surface area contributed by atoms with Crippen LogP contribution in [0.15, 0.2) is 0 Å². The lowest BCUT2D eigenvalue weighted by Crippen LogP contribution is -2.29. The van der Waals surface area contributed by atoms with Crippen LogP contribution < -0.4 is 10.5 Å². The lowest BCUT2D eigenvalue weighted by atomic mass is 10.4. The normalized spacial score (nSPS) is 11.3. The Bertz CT molecular complexity index is 263. The van der Waals surface area contributed by atoms with Gasteiger partial charge >= 0.3 is 5.97 Å². The van der Waals surface area contributed by atoms with Crippen molar-refractivity contribution < 1.29 is 17.9 Å². The van der Waals surface area contributed by atoms with Crippen molar-refractivity contribution in [2.75, 3.05) is 26.0 Å². The third-order valence-electron chi connectivity index (χ3n) is 1.51. The summed E-state index contributed by atoms with van der Waals surface area (Å²) in [5, 5.41) is 0. The molecule has 0 aliphatic heterocycles. The highest BCUT2D eigenvalue weighted by Crippen LogP contribution is 1.91. The molecule has 0 aliphatic carbocycles. The predicted octanol–water partition coefficient (Wildman–Crippen LogP) is -1.18. The highest BCUT2D eigenvalue weighted by molar-refractivity contribution is 7.89. The van der Waals surface area contributed by atoms with Crippen molar-refractivity contribution in [2.45, 2.75) is 12.8 Å². The molecular formula is C7H16N2O4S. The van der Waals surface area contributed by atoms with Crippen LogP contribution in [-0.4, -0.2) is 40.3 Å². The fourth-order valence-electron chi connectivity index (χ4n) is 0.722. The number of carbonyl (C=O) groups excluding carboxylic acids is 1. The van der Waals surface area contributed by atoms with Gasteiger partial charge < -0.3 is 10.5 Å². The summed E-state index contributed by atoms with van der Waals surface area (Å²) in [7, 11) is -2.15. The van der Waals surface area contributed by atoms with Crippen LogP contribution in [0.4, 0.5) is 0 Å². The van der Waals surface area contributed by atoms with E-state index in [0.29, 0.717) is 19.5 Å². The Morgan fingerprint density at radius 3 is 2.64 bits per heavy atom. The van der Waals surface area contributed by atoms with Crippen molar-refractivity contribution in [1.29, 1.82) is 0 Å². The number of esters is 1. The number of rotatable bonds is 7. The molecule has 0 unspecified atom stereocenters. The smallest absolute Gasteiger partial charge is 0.306 e. The largest absolute Gasteiger partial charge is 0.469 e. The Morgan fingerprint density at radius 1 is 1.50 bits per heavy atom. The molecular weight excluding hydrogens is 208 g/mol. The fourth-order valence-corrected chi connectivity index (χ4v) is 1.76. The van der Waals surface area contributed by atoms with E-state index in [0.717, 1.165) is 0 Å². The maximum absolute atomic E-state index is 11.2. The minimum Gasteiger partial charge on any atom is -0.469 e. The summed E-state index contributed by atoms with van der Waals surface area (Å²) >= 11 is 0. The van der Waals surface area contributed by atoms with Gasteiger partial charge in [0.1, 0.15) is 0 Å². The van der Waals surface area contributed by atoms with Gasteiger partial charge in [-0.05, 0) is 13.0 Å². The van der Waals surface area contributed by atoms with Gasteiger partial charge in [-0.3, -0.25) is 4.79 Å². The first-order chi connectivity index (χ1) is 6.52. The summed E-state index contributed by atoms with van der Waals surface area (Å²) < 4.78 is 29.0. The summed E-state index contributed by atoms with van der Waals surface area (Å²) in [5.74, 6) is -0.779. The summed E-state index contributed by atoms with van der Waals surface area (Å²) in [6.07, 6.45) is 0.450. The summed E-state index contributed by atoms with van der Waals surface area (Å²) in [6, 6.07) is 0. The van der Waals surface area contributed by atoms with E-state index in [2.05, 4.69) is 9.46 Å². The first kappa shape index (κ1) is 13.3. The molecule has 84 valence electrons. The number of hydrogen-bond acceptors (Lipinski definition) is 5. The molecule has 0 heterocycles. The van der Waals surface area contributed by atoms with E-state index in [-0.39, 0.29) is 12.2 Å². The van der Waals surface area contributed by atoms with Crippen LogP contribution in [-0.2, 0) is 19.6 Å². The first-order valence-corrected chi connectivity index (χ1v) is 5.91. The van der Waals surface area contributed by atoms with Crippen LogP contribution in [0.25, 0.3) is 0 Å². The van der Waals surface area contributed by atoms with E-state index in [1.165, 1.54) is 7.11 Å². The second-order valence-electron chi connectivity index (χ2n) is 2.68. The highest BCUT2D eigenvalue weighted by Gasteiger charge is 2.12. The molecule has 0 fully saturated rings. The third-order valence-corrected chi connectivity index (χ3v) is 2.89. The maximum Gasteiger partial charge on any atom is 0.306 e. The van der Waals surface area contributed by atoms with Crippen LogP contribution in [0.2, 0.25) is 0 Å². The van der Waals surface area contributed by atoms with Crippen molar-refractivity contribution in [3.8, 4) is 0 Å². The lowest BCUT2D eigenvalue weighted by molar-refractivity contribution is -0.140. The average Bonchev–Trinajstić information content (AvgIpc) is 2.14. The minimum atomic E-state index is -3.37. The van der Waals surface area contributed by atoms with Gasteiger partial charge in [-0.15, -0.1) is 0 Å². The van der Waals surface area contributed by atoms with Crippen molar-refractivity contribution in [3.63, 3.8) is 0 Å². The van der Waals surface area contributed by atoms with E-state index in [4.69, 9.17) is 5.73 Å². The fraction of sp³-hybridized carbons (Fsp3) is 0.857. The van der Waals surface area contributed by atoms with Gasteiger partial charge in [-0.1, -0.05) is 0 Å². The standard InChI is InChI=1S/C7H16N2O4S/c1-13-7(10)3-6-14(11,12)9-5-2-4-8/h9H,2-6,8H2,1H3. The Morgan fingerprint density at radius 2 is 2.14 bits per heavy atom. The quantitative estimate of drug-likeness (QED) is 0.419. The second-order valence-corrected chi connectivity index (χ2v) is 4.61. The van der Waals surface area contributed by atoms with E-state index in [1.54, 1.807) is 0 Å². The van der Waals surface area contributed by atoms with Crippen LogP contribution in [0, 0.1) is 0 Å². The first-order valence-electron chi connectivity index (χ1n) is 4.26. The number of hydrogen-bond donors (Lipinski definition) is 2. The molecule has 0 atom stereocenters. The van der Waals surface area contributed by atoms with E-state index in [1.807, 2.05) is 0 Å². The topological polar surface area (TPSA) is 98.5 Å². The van der Waals surface area contributed by atoms with Gasteiger partial charge in [0.15, 0.2) is 0 Å². The molecule has 6 nitrogen and oxygen atoms in total. The molecule has 0 spiro atoms. The molecule has 0 aromatic rings. The maximum atomic E-state index is 11.2. The van der Waals surface area contributed by atoms with Crippen molar-refractivity contribution in [2.24, 2.45) is 5.73 Å². The number of methoxy groups -OCH3 is 1. The van der Waals surface area contributed by atoms with Gasteiger partial charge in [0.05, 0.1) is 19.3 Å². The van der Waals surface area contributed by atoms with E-state index in [9.17, 15) is 13.2 Å². The van der Waals surface area contributed by atoms with E-state index < -0.39 is 16.0 Å². The van der Waals surface area contributed by atoms with Gasteiger partial charge in [-0.25, -0.2) is 13.1 Å². The SMILES string of the molecule is COC(=O)CCS(=O)(=O)NCCCN. The molecule has 0 radical (unpaired) electrons. The van der Waals surface area contributed by atoms with Crippen LogP contribution in [0.3, 0.4) is 0 Å². The number of nitrogens with one attached hydrogen (secondary N) is 1. The number of carbonyl (C=O) groups is 1. The Hall–Kier alpha value is -0.660. The van der Waals surface area contributed by atoms with E-state index >= 15 is 0 Å². The zero-order chi connectivity index (χ0) is 11.0. The molecule has 14 heavy (non-hydrogen) atoms. The number of sulfonamides is 1. The number of nitrogens with two attached hydrogens (primary N) is 1. The molecule has 3 N–H and O–H groups in total. The summed E-state index contributed by atoms with van der Waals surface area (Å²) in [6.45, 7) is 0.736. The molecule has 0 aromatic carbocycles. The molecule has 0 aliphatic rings. The molecule has 0 amide bonds. The van der Waals surface area contributed by atoms with Gasteiger partial charge in [0.2, 0.25) is 10.0 Å². The highest BCUT2D eigenvalue weighted by atomic mass is 32.2. The van der Waals surface area contributed by atoms with Gasteiger partial charge in [-0.2, -0.15) is 0 Å². The van der Waals surface area contributed by atoms with Crippen molar-refractivity contribution >= 4 is 16.0 Å². The Balaban J connectivity index is 3.78. The molecule has 0 rings (SSSR count). The second kappa shape index (κ2) is 6.74. The van der Waals surface area contributed by atoms with Crippen molar-refractivity contribution in [3.05, 3.63) is 0 Å². The molecule has 0 aromatic heterocycles. The molecule has 7 heteroatoms. The molecule has 0 bridgehead atoms. The third kappa shape index (κ3) is 6.81. The zero-order valence-electron chi connectivity index (χ0n) is 8.15. The van der Waals surface area contributed by atoms with Gasteiger partial charge in [0.25, 0.3) is 0 Å². The minimum absolute atomic E-state index is 0.130. The predicted molar refractivity (Wildman–Crippen MR) is 52.1 cm³/mol. The summed E-state index contributed by atoms with van der Waals surface area (Å²) in [4.78, 5) is 10.7. The van der Waals surface area contributed by atoms with Crippen LogP contribution in [0.1, 0.15) is 12.8 Å². The van der Waals surface area contributed by atoms with Crippen LogP contribution >= 0.6 is 0 Å². The van der Waals surface area contributed by atoms with Crippen molar-refractivity contribution in [1.82, 2.24) is 4.72 Å². The summed E-state index contributed by atoms with van der Waals surface area (Å²) in [5.41, 5.74) is 5.19. The van der Waals surface area contributed by atoms with Crippen LogP contribution in [0.5, 0.6) is 0 Å². The Labute approximate surface area is 83.9 Å². The lowest BCUT2D eigenvalue weighted by Gasteiger charge is -2.04. The average molecular weight is 224 g/mol. The molecule has 0 saturated heterocycles. The Kier molecular flexibility index (Phi) is 6.43. The number of ether oxygens (including phenoxy) is 1. The monoisotopic (exact) mass is 224 g/mol. The van der Waals surface area contributed by atoms with Gasteiger partial charge in [0, 0.05) is 6.54 Å². The molecule has 0 saturated carbocycles. The zero-order valence-corrected chi connectivity index (χ0v) is 8.97.